The van der Waals surface area contributed by atoms with Crippen molar-refractivity contribution in [2.24, 2.45) is 5.41 Å². The van der Waals surface area contributed by atoms with Crippen molar-refractivity contribution in [2.75, 3.05) is 0 Å². The first-order valence-electron chi connectivity index (χ1n) is 4.16. The van der Waals surface area contributed by atoms with Crippen LogP contribution in [0.4, 0.5) is 0 Å². The lowest BCUT2D eigenvalue weighted by Crippen LogP contribution is -2.05. The van der Waals surface area contributed by atoms with E-state index in [1.165, 1.54) is 0 Å². The molecular formula is C10H14N2. The molecule has 0 spiro atoms. The Morgan fingerprint density at radius 2 is 2.33 bits per heavy atom. The first-order chi connectivity index (χ1) is 5.64. The van der Waals surface area contributed by atoms with E-state index in [1.54, 1.807) is 6.20 Å². The van der Waals surface area contributed by atoms with Gasteiger partial charge in [0.1, 0.15) is 5.69 Å². The number of nitrogens with zero attached hydrogens (tertiary/aromatic N) is 1. The molecule has 1 aromatic heterocycles. The zero-order chi connectivity index (χ0) is 9.03. The highest BCUT2D eigenvalue weighted by atomic mass is 15.1. The summed E-state index contributed by atoms with van der Waals surface area (Å²) in [6.45, 7) is 6.41. The molecule has 0 amide bonds. The van der Waals surface area contributed by atoms with Gasteiger partial charge < -0.3 is 0 Å². The van der Waals surface area contributed by atoms with Crippen molar-refractivity contribution in [1.82, 2.24) is 10.2 Å². The van der Waals surface area contributed by atoms with Gasteiger partial charge in [0.15, 0.2) is 0 Å². The SMILES string of the molecule is CCC(C)(C)C#Cc1ccn[nH]1. The molecule has 0 aliphatic carbocycles. The summed E-state index contributed by atoms with van der Waals surface area (Å²) < 4.78 is 0. The average molecular weight is 162 g/mol. The molecule has 1 heterocycles. The molecule has 12 heavy (non-hydrogen) atoms. The predicted octanol–water partition coefficient (Wildman–Crippen LogP) is 2.20. The second-order valence-corrected chi connectivity index (χ2v) is 3.46. The van der Waals surface area contributed by atoms with Gasteiger partial charge in [-0.15, -0.1) is 0 Å². The fraction of sp³-hybridized carbons (Fsp3) is 0.500. The Morgan fingerprint density at radius 3 is 2.83 bits per heavy atom. The third-order valence-electron chi connectivity index (χ3n) is 1.92. The van der Waals surface area contributed by atoms with Crippen LogP contribution in [0.3, 0.4) is 0 Å². The predicted molar refractivity (Wildman–Crippen MR) is 49.5 cm³/mol. The smallest absolute Gasteiger partial charge is 0.107 e. The molecule has 0 unspecified atom stereocenters. The van der Waals surface area contributed by atoms with Crippen molar-refractivity contribution < 1.29 is 0 Å². The van der Waals surface area contributed by atoms with Gasteiger partial charge in [-0.25, -0.2) is 0 Å². The molecule has 1 aromatic rings. The van der Waals surface area contributed by atoms with E-state index < -0.39 is 0 Å². The summed E-state index contributed by atoms with van der Waals surface area (Å²) in [6, 6.07) is 1.87. The van der Waals surface area contributed by atoms with Crippen LogP contribution >= 0.6 is 0 Å². The van der Waals surface area contributed by atoms with Crippen molar-refractivity contribution in [3.63, 3.8) is 0 Å². The van der Waals surface area contributed by atoms with Gasteiger partial charge in [-0.2, -0.15) is 5.10 Å². The fourth-order valence-electron chi connectivity index (χ4n) is 0.650. The molecule has 0 aromatic carbocycles. The minimum absolute atomic E-state index is 0.102. The van der Waals surface area contributed by atoms with Gasteiger partial charge in [-0.05, 0) is 32.3 Å². The van der Waals surface area contributed by atoms with Gasteiger partial charge in [-0.3, -0.25) is 5.10 Å². The minimum atomic E-state index is 0.102. The van der Waals surface area contributed by atoms with Gasteiger partial charge >= 0.3 is 0 Å². The molecule has 0 bridgehead atoms. The largest absolute Gasteiger partial charge is 0.270 e. The zero-order valence-electron chi connectivity index (χ0n) is 7.81. The standard InChI is InChI=1S/C10H14N2/c1-4-10(2,3)7-5-9-6-8-11-12-9/h6,8H,4H2,1-3H3,(H,11,12). The van der Waals surface area contributed by atoms with E-state index >= 15 is 0 Å². The van der Waals surface area contributed by atoms with Crippen LogP contribution in [-0.2, 0) is 0 Å². The zero-order valence-corrected chi connectivity index (χ0v) is 7.81. The van der Waals surface area contributed by atoms with Crippen molar-refractivity contribution in [1.29, 1.82) is 0 Å². The normalized spacial score (nSPS) is 10.6. The number of hydrogen-bond acceptors (Lipinski definition) is 1. The number of nitrogens with one attached hydrogen (secondary N) is 1. The van der Waals surface area contributed by atoms with Crippen LogP contribution in [0.5, 0.6) is 0 Å². The summed E-state index contributed by atoms with van der Waals surface area (Å²) in [7, 11) is 0. The Morgan fingerprint density at radius 1 is 1.58 bits per heavy atom. The van der Waals surface area contributed by atoms with Crippen LogP contribution in [0.1, 0.15) is 32.9 Å². The summed E-state index contributed by atoms with van der Waals surface area (Å²) >= 11 is 0. The Balaban J connectivity index is 2.72. The minimum Gasteiger partial charge on any atom is -0.270 e. The van der Waals surface area contributed by atoms with Crippen LogP contribution < -0.4 is 0 Å². The third kappa shape index (κ3) is 2.43. The lowest BCUT2D eigenvalue weighted by molar-refractivity contribution is 0.484. The van der Waals surface area contributed by atoms with E-state index in [9.17, 15) is 0 Å². The fourth-order valence-corrected chi connectivity index (χ4v) is 0.650. The van der Waals surface area contributed by atoms with E-state index in [1.807, 2.05) is 6.07 Å². The lowest BCUT2D eigenvalue weighted by atomic mass is 9.91. The van der Waals surface area contributed by atoms with Crippen molar-refractivity contribution >= 4 is 0 Å². The van der Waals surface area contributed by atoms with Gasteiger partial charge in [0, 0.05) is 11.6 Å². The van der Waals surface area contributed by atoms with E-state index in [-0.39, 0.29) is 5.41 Å². The number of aromatic amines is 1. The second kappa shape index (κ2) is 3.44. The van der Waals surface area contributed by atoms with Gasteiger partial charge in [0.2, 0.25) is 0 Å². The highest BCUT2D eigenvalue weighted by molar-refractivity contribution is 5.27. The van der Waals surface area contributed by atoms with Crippen LogP contribution in [0.25, 0.3) is 0 Å². The van der Waals surface area contributed by atoms with E-state index in [2.05, 4.69) is 42.8 Å². The van der Waals surface area contributed by atoms with Gasteiger partial charge in [-0.1, -0.05) is 12.8 Å². The first kappa shape index (κ1) is 8.86. The van der Waals surface area contributed by atoms with Gasteiger partial charge in [0.25, 0.3) is 0 Å². The topological polar surface area (TPSA) is 28.7 Å². The monoisotopic (exact) mass is 162 g/mol. The molecule has 64 valence electrons. The molecule has 0 aliphatic rings. The lowest BCUT2D eigenvalue weighted by Gasteiger charge is -2.12. The maximum atomic E-state index is 3.82. The van der Waals surface area contributed by atoms with Crippen molar-refractivity contribution in [3.05, 3.63) is 18.0 Å². The summed E-state index contributed by atoms with van der Waals surface area (Å²) in [4.78, 5) is 0. The highest BCUT2D eigenvalue weighted by Gasteiger charge is 2.09. The third-order valence-corrected chi connectivity index (χ3v) is 1.92. The molecular weight excluding hydrogens is 148 g/mol. The molecule has 0 saturated carbocycles. The van der Waals surface area contributed by atoms with Crippen LogP contribution in [0.2, 0.25) is 0 Å². The van der Waals surface area contributed by atoms with Crippen LogP contribution in [0.15, 0.2) is 12.3 Å². The number of aromatic nitrogens is 2. The van der Waals surface area contributed by atoms with E-state index in [0.717, 1.165) is 12.1 Å². The molecule has 2 nitrogen and oxygen atoms in total. The number of rotatable bonds is 1. The summed E-state index contributed by atoms with van der Waals surface area (Å²) in [5.41, 5.74) is 0.988. The maximum Gasteiger partial charge on any atom is 0.107 e. The van der Waals surface area contributed by atoms with E-state index in [0.29, 0.717) is 0 Å². The molecule has 1 N–H and O–H groups in total. The summed E-state index contributed by atoms with van der Waals surface area (Å²) in [6.07, 6.45) is 2.77. The first-order valence-corrected chi connectivity index (χ1v) is 4.16. The number of hydrogen-bond donors (Lipinski definition) is 1. The van der Waals surface area contributed by atoms with Crippen LogP contribution in [-0.4, -0.2) is 10.2 Å². The Labute approximate surface area is 73.4 Å². The molecule has 0 aliphatic heterocycles. The Hall–Kier alpha value is -1.23. The summed E-state index contributed by atoms with van der Waals surface area (Å²) in [5, 5.41) is 6.63. The molecule has 2 heteroatoms. The Kier molecular flexibility index (Phi) is 2.54. The molecule has 1 rings (SSSR count). The number of H-pyrrole nitrogens is 1. The highest BCUT2D eigenvalue weighted by Crippen LogP contribution is 2.17. The summed E-state index contributed by atoms with van der Waals surface area (Å²) in [5.74, 6) is 6.24. The second-order valence-electron chi connectivity index (χ2n) is 3.46. The quantitative estimate of drug-likeness (QED) is 0.630. The maximum absolute atomic E-state index is 3.82. The molecule has 0 atom stereocenters. The van der Waals surface area contributed by atoms with E-state index in [4.69, 9.17) is 0 Å². The van der Waals surface area contributed by atoms with Crippen molar-refractivity contribution in [2.45, 2.75) is 27.2 Å². The average Bonchev–Trinajstić information content (AvgIpc) is 2.53. The Bertz CT molecular complexity index is 285. The molecule has 0 radical (unpaired) electrons. The van der Waals surface area contributed by atoms with Gasteiger partial charge in [0.05, 0.1) is 0 Å². The van der Waals surface area contributed by atoms with Crippen LogP contribution in [0, 0.1) is 17.3 Å². The molecule has 0 saturated heterocycles. The van der Waals surface area contributed by atoms with Crippen molar-refractivity contribution in [3.8, 4) is 11.8 Å². The molecule has 0 fully saturated rings.